The lowest BCUT2D eigenvalue weighted by atomic mass is 10.0. The highest BCUT2D eigenvalue weighted by atomic mass is 16.2. The molecule has 1 unspecified atom stereocenters. The summed E-state index contributed by atoms with van der Waals surface area (Å²) in [5, 5.41) is 10.7. The van der Waals surface area contributed by atoms with E-state index in [4.69, 9.17) is 0 Å². The topological polar surface area (TPSA) is 95.5 Å². The maximum atomic E-state index is 11.9. The number of carbonyl (C=O) groups excluding carboxylic acids is 3. The standard InChI is InChI=1S/C13H17N5O3/c1-17(2)12(20)9-4-6-10(16-15-9)14-8-5-7-11(19)18(3)13(8)21/h4,6,8H,5,7H2,1-3H3,(H,14,16). The highest BCUT2D eigenvalue weighted by Crippen LogP contribution is 2.15. The van der Waals surface area contributed by atoms with Crippen LogP contribution in [0.4, 0.5) is 5.82 Å². The highest BCUT2D eigenvalue weighted by molar-refractivity contribution is 6.01. The van der Waals surface area contributed by atoms with E-state index < -0.39 is 6.04 Å². The Bertz CT molecular complexity index is 570. The summed E-state index contributed by atoms with van der Waals surface area (Å²) < 4.78 is 0. The van der Waals surface area contributed by atoms with E-state index in [1.54, 1.807) is 26.2 Å². The van der Waals surface area contributed by atoms with Crippen molar-refractivity contribution >= 4 is 23.5 Å². The van der Waals surface area contributed by atoms with Crippen molar-refractivity contribution in [3.63, 3.8) is 0 Å². The van der Waals surface area contributed by atoms with Gasteiger partial charge in [-0.2, -0.15) is 0 Å². The lowest BCUT2D eigenvalue weighted by molar-refractivity contribution is -0.146. The summed E-state index contributed by atoms with van der Waals surface area (Å²) in [6.07, 6.45) is 0.729. The lowest BCUT2D eigenvalue weighted by Crippen LogP contribution is -2.48. The molecule has 8 nitrogen and oxygen atoms in total. The molecule has 1 aromatic rings. The SMILES string of the molecule is CN(C)C(=O)c1ccc(NC2CCC(=O)N(C)C2=O)nn1. The molecule has 1 aliphatic heterocycles. The van der Waals surface area contributed by atoms with Gasteiger partial charge in [0.05, 0.1) is 0 Å². The summed E-state index contributed by atoms with van der Waals surface area (Å²) in [7, 11) is 4.72. The molecule has 0 aromatic carbocycles. The first kappa shape index (κ1) is 14.9. The molecular formula is C13H17N5O3. The van der Waals surface area contributed by atoms with Gasteiger partial charge in [-0.25, -0.2) is 0 Å². The Morgan fingerprint density at radius 2 is 2.05 bits per heavy atom. The van der Waals surface area contributed by atoms with Gasteiger partial charge in [-0.05, 0) is 18.6 Å². The van der Waals surface area contributed by atoms with Crippen molar-refractivity contribution in [3.8, 4) is 0 Å². The Labute approximate surface area is 122 Å². The smallest absolute Gasteiger partial charge is 0.273 e. The minimum Gasteiger partial charge on any atom is -0.357 e. The number of piperidine rings is 1. The molecule has 1 aromatic heterocycles. The fourth-order valence-corrected chi connectivity index (χ4v) is 1.98. The minimum atomic E-state index is -0.502. The normalized spacial score (nSPS) is 18.6. The van der Waals surface area contributed by atoms with E-state index in [1.165, 1.54) is 11.9 Å². The second-order valence-corrected chi connectivity index (χ2v) is 5.03. The van der Waals surface area contributed by atoms with Crippen LogP contribution in [0.1, 0.15) is 23.3 Å². The lowest BCUT2D eigenvalue weighted by Gasteiger charge is -2.28. The van der Waals surface area contributed by atoms with Gasteiger partial charge >= 0.3 is 0 Å². The molecule has 1 aliphatic rings. The maximum Gasteiger partial charge on any atom is 0.273 e. The molecular weight excluding hydrogens is 274 g/mol. The van der Waals surface area contributed by atoms with Crippen LogP contribution in [0.3, 0.4) is 0 Å². The third-order valence-electron chi connectivity index (χ3n) is 3.26. The van der Waals surface area contributed by atoms with Gasteiger partial charge in [0.15, 0.2) is 5.69 Å². The van der Waals surface area contributed by atoms with Gasteiger partial charge in [0, 0.05) is 27.6 Å². The third-order valence-corrected chi connectivity index (χ3v) is 3.26. The first-order chi connectivity index (χ1) is 9.90. The van der Waals surface area contributed by atoms with Crippen molar-refractivity contribution < 1.29 is 14.4 Å². The second-order valence-electron chi connectivity index (χ2n) is 5.03. The summed E-state index contributed by atoms with van der Waals surface area (Å²) in [6, 6.07) is 2.63. The molecule has 0 spiro atoms. The molecule has 1 saturated heterocycles. The van der Waals surface area contributed by atoms with Gasteiger partial charge in [0.1, 0.15) is 11.9 Å². The Hall–Kier alpha value is -2.51. The molecule has 3 amide bonds. The number of rotatable bonds is 3. The Morgan fingerprint density at radius 3 is 2.62 bits per heavy atom. The molecule has 1 atom stereocenters. The zero-order valence-corrected chi connectivity index (χ0v) is 12.2. The van der Waals surface area contributed by atoms with Crippen LogP contribution in [0.2, 0.25) is 0 Å². The predicted molar refractivity (Wildman–Crippen MR) is 74.5 cm³/mol. The quantitative estimate of drug-likeness (QED) is 0.771. The van der Waals surface area contributed by atoms with Gasteiger partial charge in [0.2, 0.25) is 5.91 Å². The zero-order chi connectivity index (χ0) is 15.6. The molecule has 8 heteroatoms. The van der Waals surface area contributed by atoms with Crippen molar-refractivity contribution in [2.24, 2.45) is 0 Å². The van der Waals surface area contributed by atoms with Crippen LogP contribution in [0, 0.1) is 0 Å². The number of amides is 3. The van der Waals surface area contributed by atoms with Gasteiger partial charge in [-0.3, -0.25) is 19.3 Å². The van der Waals surface area contributed by atoms with E-state index in [0.717, 1.165) is 4.90 Å². The van der Waals surface area contributed by atoms with Crippen LogP contribution in [0.15, 0.2) is 12.1 Å². The number of anilines is 1. The number of carbonyl (C=O) groups is 3. The molecule has 2 rings (SSSR count). The van der Waals surface area contributed by atoms with Crippen LogP contribution in [-0.2, 0) is 9.59 Å². The number of aromatic nitrogens is 2. The predicted octanol–water partition coefficient (Wildman–Crippen LogP) is -0.262. The fraction of sp³-hybridized carbons (Fsp3) is 0.462. The summed E-state index contributed by atoms with van der Waals surface area (Å²) in [5.41, 5.74) is 0.229. The van der Waals surface area contributed by atoms with E-state index in [9.17, 15) is 14.4 Å². The van der Waals surface area contributed by atoms with Gasteiger partial charge in [0.25, 0.3) is 11.8 Å². The Balaban J connectivity index is 2.05. The summed E-state index contributed by atoms with van der Waals surface area (Å²) >= 11 is 0. The summed E-state index contributed by atoms with van der Waals surface area (Å²) in [5.74, 6) is -0.322. The van der Waals surface area contributed by atoms with Crippen molar-refractivity contribution in [1.29, 1.82) is 0 Å². The number of hydrogen-bond donors (Lipinski definition) is 1. The Morgan fingerprint density at radius 1 is 1.33 bits per heavy atom. The third kappa shape index (κ3) is 3.15. The maximum absolute atomic E-state index is 11.9. The van der Waals surface area contributed by atoms with Gasteiger partial charge < -0.3 is 10.2 Å². The first-order valence-electron chi connectivity index (χ1n) is 6.52. The molecule has 0 saturated carbocycles. The number of hydrogen-bond acceptors (Lipinski definition) is 6. The fourth-order valence-electron chi connectivity index (χ4n) is 1.98. The number of imide groups is 1. The van der Waals surface area contributed by atoms with Crippen LogP contribution < -0.4 is 5.32 Å². The number of likely N-dealkylation sites (N-methyl/N-ethyl adjacent to an activating group) is 1. The zero-order valence-electron chi connectivity index (χ0n) is 12.2. The summed E-state index contributed by atoms with van der Waals surface area (Å²) in [6.45, 7) is 0. The van der Waals surface area contributed by atoms with Crippen molar-refractivity contribution in [2.45, 2.75) is 18.9 Å². The number of likely N-dealkylation sites (tertiary alicyclic amines) is 1. The minimum absolute atomic E-state index is 0.184. The van der Waals surface area contributed by atoms with Crippen LogP contribution in [0.25, 0.3) is 0 Å². The van der Waals surface area contributed by atoms with Gasteiger partial charge in [-0.1, -0.05) is 0 Å². The largest absolute Gasteiger partial charge is 0.357 e. The van der Waals surface area contributed by atoms with Gasteiger partial charge in [-0.15, -0.1) is 10.2 Å². The average molecular weight is 291 g/mol. The second kappa shape index (κ2) is 5.86. The molecule has 112 valence electrons. The van der Waals surface area contributed by atoms with E-state index in [1.807, 2.05) is 0 Å². The van der Waals surface area contributed by atoms with Crippen LogP contribution in [0.5, 0.6) is 0 Å². The first-order valence-corrected chi connectivity index (χ1v) is 6.52. The summed E-state index contributed by atoms with van der Waals surface area (Å²) in [4.78, 5) is 37.5. The molecule has 21 heavy (non-hydrogen) atoms. The average Bonchev–Trinajstić information content (AvgIpc) is 2.48. The van der Waals surface area contributed by atoms with E-state index in [2.05, 4.69) is 15.5 Å². The highest BCUT2D eigenvalue weighted by Gasteiger charge is 2.31. The Kier molecular flexibility index (Phi) is 4.15. The van der Waals surface area contributed by atoms with E-state index in [0.29, 0.717) is 18.7 Å². The monoisotopic (exact) mass is 291 g/mol. The van der Waals surface area contributed by atoms with E-state index in [-0.39, 0.29) is 23.4 Å². The number of nitrogens with zero attached hydrogens (tertiary/aromatic N) is 4. The molecule has 0 radical (unpaired) electrons. The van der Waals surface area contributed by atoms with Crippen molar-refractivity contribution in [3.05, 3.63) is 17.8 Å². The van der Waals surface area contributed by atoms with E-state index >= 15 is 0 Å². The molecule has 2 heterocycles. The molecule has 1 fully saturated rings. The van der Waals surface area contributed by atoms with Crippen molar-refractivity contribution in [2.75, 3.05) is 26.5 Å². The molecule has 0 bridgehead atoms. The number of nitrogens with one attached hydrogen (secondary N) is 1. The van der Waals surface area contributed by atoms with Crippen LogP contribution >= 0.6 is 0 Å². The van der Waals surface area contributed by atoms with Crippen LogP contribution in [-0.4, -0.2) is 64.9 Å². The molecule has 1 N–H and O–H groups in total. The van der Waals surface area contributed by atoms with Crippen molar-refractivity contribution in [1.82, 2.24) is 20.0 Å². The molecule has 0 aliphatic carbocycles.